The van der Waals surface area contributed by atoms with Gasteiger partial charge in [-0.05, 0) is 25.8 Å². The average molecular weight is 246 g/mol. The van der Waals surface area contributed by atoms with Crippen molar-refractivity contribution in [1.29, 1.82) is 0 Å². The first kappa shape index (κ1) is 11.4. The van der Waals surface area contributed by atoms with Crippen molar-refractivity contribution in [3.05, 3.63) is 17.7 Å². The first-order valence-electron chi connectivity index (χ1n) is 6.31. The third-order valence-electron chi connectivity index (χ3n) is 3.23. The molecule has 1 aromatic rings. The molecule has 0 radical (unpaired) electrons. The van der Waals surface area contributed by atoms with Crippen LogP contribution in [0.2, 0.25) is 0 Å². The zero-order valence-corrected chi connectivity index (χ0v) is 10.7. The topological polar surface area (TPSA) is 72.3 Å². The summed E-state index contributed by atoms with van der Waals surface area (Å²) < 4.78 is 1.86. The minimum atomic E-state index is -0.127. The highest BCUT2D eigenvalue weighted by atomic mass is 15.4. The van der Waals surface area contributed by atoms with E-state index in [9.17, 15) is 0 Å². The quantitative estimate of drug-likeness (QED) is 0.861. The number of allylic oxidation sites excluding steroid dienone is 1. The van der Waals surface area contributed by atoms with Gasteiger partial charge in [-0.15, -0.1) is 5.10 Å². The Hall–Kier alpha value is -1.69. The summed E-state index contributed by atoms with van der Waals surface area (Å²) in [6.45, 7) is 2.58. The molecule has 0 aromatic carbocycles. The summed E-state index contributed by atoms with van der Waals surface area (Å²) in [6, 6.07) is -0.127. The predicted octanol–water partition coefficient (Wildman–Crippen LogP) is 0.947. The third kappa shape index (κ3) is 1.92. The molecule has 96 valence electrons. The average Bonchev–Trinajstić information content (AvgIpc) is 3.09. The van der Waals surface area contributed by atoms with Crippen LogP contribution >= 0.6 is 0 Å². The molecule has 0 spiro atoms. The van der Waals surface area contributed by atoms with Gasteiger partial charge in [-0.1, -0.05) is 0 Å². The van der Waals surface area contributed by atoms with Gasteiger partial charge in [0.25, 0.3) is 0 Å². The molecular formula is C12H18N6. The second-order valence-corrected chi connectivity index (χ2v) is 5.00. The Morgan fingerprint density at radius 2 is 2.22 bits per heavy atom. The smallest absolute Gasteiger partial charge is 0.154 e. The maximum atomic E-state index is 6.00. The Labute approximate surface area is 106 Å². The monoisotopic (exact) mass is 246 g/mol. The van der Waals surface area contributed by atoms with Gasteiger partial charge in [0.1, 0.15) is 12.5 Å². The molecule has 2 heterocycles. The molecule has 6 heteroatoms. The minimum Gasteiger partial charge on any atom is -0.340 e. The third-order valence-corrected chi connectivity index (χ3v) is 3.23. The van der Waals surface area contributed by atoms with Gasteiger partial charge in [-0.25, -0.2) is 4.98 Å². The van der Waals surface area contributed by atoms with Crippen LogP contribution in [-0.4, -0.2) is 39.6 Å². The van der Waals surface area contributed by atoms with E-state index in [1.165, 1.54) is 12.8 Å². The van der Waals surface area contributed by atoms with Crippen molar-refractivity contribution in [2.45, 2.75) is 31.7 Å². The van der Waals surface area contributed by atoms with E-state index in [0.29, 0.717) is 12.6 Å². The minimum absolute atomic E-state index is 0.127. The van der Waals surface area contributed by atoms with Crippen LogP contribution in [-0.2, 0) is 0 Å². The highest BCUT2D eigenvalue weighted by Gasteiger charge is 2.30. The van der Waals surface area contributed by atoms with Gasteiger partial charge < -0.3 is 10.6 Å². The molecule has 1 aliphatic carbocycles. The van der Waals surface area contributed by atoms with Gasteiger partial charge >= 0.3 is 0 Å². The zero-order chi connectivity index (χ0) is 12.7. The molecule has 2 N–H and O–H groups in total. The lowest BCUT2D eigenvalue weighted by molar-refractivity contribution is 0.451. The van der Waals surface area contributed by atoms with E-state index >= 15 is 0 Å². The van der Waals surface area contributed by atoms with Crippen LogP contribution in [0.15, 0.2) is 11.1 Å². The molecule has 1 atom stereocenters. The molecule has 0 bridgehead atoms. The highest BCUT2D eigenvalue weighted by Crippen LogP contribution is 2.38. The number of aliphatic imine (C=N–C) groups is 1. The van der Waals surface area contributed by atoms with E-state index in [2.05, 4.69) is 15.1 Å². The molecule has 0 unspecified atom stereocenters. The normalized spacial score (nSPS) is 21.1. The summed E-state index contributed by atoms with van der Waals surface area (Å²) in [5.41, 5.74) is 6.00. The lowest BCUT2D eigenvalue weighted by atomic mass is 10.3. The fraction of sp³-hybridized carbons (Fsp3) is 0.583. The number of hydrogen-bond acceptors (Lipinski definition) is 5. The van der Waals surface area contributed by atoms with Crippen LogP contribution in [0.25, 0.3) is 5.82 Å². The lowest BCUT2D eigenvalue weighted by Gasteiger charge is -2.23. The van der Waals surface area contributed by atoms with Crippen LogP contribution in [0, 0.1) is 0 Å². The van der Waals surface area contributed by atoms with Gasteiger partial charge in [0, 0.05) is 19.2 Å². The van der Waals surface area contributed by atoms with Crippen molar-refractivity contribution < 1.29 is 0 Å². The zero-order valence-electron chi connectivity index (χ0n) is 10.7. The molecule has 1 aliphatic heterocycles. The molecule has 0 amide bonds. The fourth-order valence-electron chi connectivity index (χ4n) is 2.04. The van der Waals surface area contributed by atoms with Crippen molar-refractivity contribution in [3.8, 4) is 0 Å². The predicted molar refractivity (Wildman–Crippen MR) is 70.0 cm³/mol. The van der Waals surface area contributed by atoms with Crippen LogP contribution in [0.5, 0.6) is 0 Å². The van der Waals surface area contributed by atoms with Crippen LogP contribution in [0.1, 0.15) is 43.4 Å². The number of rotatable bonds is 3. The van der Waals surface area contributed by atoms with E-state index in [4.69, 9.17) is 5.73 Å². The fourth-order valence-corrected chi connectivity index (χ4v) is 2.04. The van der Waals surface area contributed by atoms with Crippen molar-refractivity contribution in [1.82, 2.24) is 19.7 Å². The van der Waals surface area contributed by atoms with Gasteiger partial charge in [0.15, 0.2) is 11.6 Å². The molecule has 1 saturated carbocycles. The summed E-state index contributed by atoms with van der Waals surface area (Å²) in [7, 11) is 1.99. The number of hydrogen-bond donors (Lipinski definition) is 1. The van der Waals surface area contributed by atoms with E-state index in [1.54, 1.807) is 6.21 Å². The Bertz CT molecular complexity index is 509. The second kappa shape index (κ2) is 4.20. The Kier molecular flexibility index (Phi) is 2.66. The summed E-state index contributed by atoms with van der Waals surface area (Å²) in [5, 5.41) is 4.62. The summed E-state index contributed by atoms with van der Waals surface area (Å²) in [6.07, 6.45) is 6.14. The SMILES string of the molecule is C[C@H](N)c1nc(C2CC2)nn1C1=CC=NCN1C. The molecule has 1 fully saturated rings. The summed E-state index contributed by atoms with van der Waals surface area (Å²) in [4.78, 5) is 10.8. The van der Waals surface area contributed by atoms with Crippen molar-refractivity contribution in [3.63, 3.8) is 0 Å². The number of nitrogens with zero attached hydrogens (tertiary/aromatic N) is 5. The Morgan fingerprint density at radius 3 is 2.83 bits per heavy atom. The maximum Gasteiger partial charge on any atom is 0.154 e. The molecule has 2 aliphatic rings. The van der Waals surface area contributed by atoms with Gasteiger partial charge in [0.05, 0.1) is 6.04 Å². The Balaban J connectivity index is 2.03. The van der Waals surface area contributed by atoms with E-state index < -0.39 is 0 Å². The van der Waals surface area contributed by atoms with Crippen molar-refractivity contribution in [2.75, 3.05) is 13.7 Å². The number of aromatic nitrogens is 3. The standard InChI is InChI=1S/C12H18N6/c1-8(13)12-15-11(9-3-4-9)16-18(12)10-5-6-14-7-17(10)2/h5-6,8-9H,3-4,7,13H2,1-2H3/t8-/m0/s1. The maximum absolute atomic E-state index is 6.00. The highest BCUT2D eigenvalue weighted by molar-refractivity contribution is 5.79. The second-order valence-electron chi connectivity index (χ2n) is 5.00. The van der Waals surface area contributed by atoms with Crippen LogP contribution in [0.4, 0.5) is 0 Å². The first-order valence-corrected chi connectivity index (χ1v) is 6.31. The first-order chi connectivity index (χ1) is 8.66. The van der Waals surface area contributed by atoms with E-state index in [-0.39, 0.29) is 6.04 Å². The molecular weight excluding hydrogens is 228 g/mol. The molecule has 6 nitrogen and oxygen atoms in total. The number of nitrogens with two attached hydrogens (primary N) is 1. The van der Waals surface area contributed by atoms with Gasteiger partial charge in [-0.3, -0.25) is 4.99 Å². The summed E-state index contributed by atoms with van der Waals surface area (Å²) in [5.74, 6) is 3.27. The molecule has 1 aromatic heterocycles. The largest absolute Gasteiger partial charge is 0.340 e. The van der Waals surface area contributed by atoms with Gasteiger partial charge in [0.2, 0.25) is 0 Å². The molecule has 3 rings (SSSR count). The van der Waals surface area contributed by atoms with Crippen LogP contribution < -0.4 is 5.73 Å². The van der Waals surface area contributed by atoms with Crippen molar-refractivity contribution >= 4 is 12.0 Å². The molecule has 18 heavy (non-hydrogen) atoms. The summed E-state index contributed by atoms with van der Waals surface area (Å²) >= 11 is 0. The van der Waals surface area contributed by atoms with Crippen LogP contribution in [0.3, 0.4) is 0 Å². The lowest BCUT2D eigenvalue weighted by Crippen LogP contribution is -2.26. The van der Waals surface area contributed by atoms with E-state index in [0.717, 1.165) is 17.5 Å². The van der Waals surface area contributed by atoms with Gasteiger partial charge in [-0.2, -0.15) is 4.68 Å². The molecule has 0 saturated heterocycles. The van der Waals surface area contributed by atoms with E-state index in [1.807, 2.05) is 29.6 Å². The van der Waals surface area contributed by atoms with Crippen molar-refractivity contribution in [2.24, 2.45) is 10.7 Å². The Morgan fingerprint density at radius 1 is 1.44 bits per heavy atom.